The number of rotatable bonds is 9. The third-order valence-corrected chi connectivity index (χ3v) is 8.87. The van der Waals surface area contributed by atoms with E-state index in [0.717, 1.165) is 22.1 Å². The third-order valence-electron chi connectivity index (χ3n) is 5.32. The van der Waals surface area contributed by atoms with Gasteiger partial charge in [0, 0.05) is 46.4 Å². The molecule has 1 aliphatic rings. The van der Waals surface area contributed by atoms with Gasteiger partial charge in [0.15, 0.2) is 0 Å². The first-order valence-electron chi connectivity index (χ1n) is 10.2. The number of carbonyl (C=O) groups excluding carboxylic acids is 1. The van der Waals surface area contributed by atoms with Gasteiger partial charge in [0.25, 0.3) is 10.0 Å². The number of amides is 1. The van der Waals surface area contributed by atoms with E-state index in [1.807, 2.05) is 42.5 Å². The van der Waals surface area contributed by atoms with Gasteiger partial charge in [-0.2, -0.15) is 11.8 Å². The van der Waals surface area contributed by atoms with Crippen LogP contribution in [0.1, 0.15) is 18.4 Å². The fraction of sp³-hybridized carbons (Fsp3) is 0.261. The second-order valence-corrected chi connectivity index (χ2v) is 11.2. The number of anilines is 1. The summed E-state index contributed by atoms with van der Waals surface area (Å²) in [4.78, 5) is 12.5. The average Bonchev–Trinajstić information content (AvgIpc) is 2.98. The molecule has 9 heteroatoms. The van der Waals surface area contributed by atoms with Crippen LogP contribution in [0.25, 0.3) is 10.8 Å². The van der Waals surface area contributed by atoms with Crippen LogP contribution in [0.15, 0.2) is 59.5 Å². The molecule has 5 nitrogen and oxygen atoms in total. The van der Waals surface area contributed by atoms with E-state index >= 15 is 0 Å². The summed E-state index contributed by atoms with van der Waals surface area (Å²) in [6.07, 6.45) is 0.706. The minimum Gasteiger partial charge on any atom is -0.355 e. The molecule has 168 valence electrons. The van der Waals surface area contributed by atoms with Crippen LogP contribution in [-0.2, 0) is 20.6 Å². The Labute approximate surface area is 202 Å². The van der Waals surface area contributed by atoms with E-state index in [-0.39, 0.29) is 18.9 Å². The number of hydrogen-bond donors (Lipinski definition) is 1. The highest BCUT2D eigenvalue weighted by Crippen LogP contribution is 2.41. The Morgan fingerprint density at radius 3 is 2.44 bits per heavy atom. The van der Waals surface area contributed by atoms with E-state index in [9.17, 15) is 13.2 Å². The number of carbonyl (C=O) groups is 1. The van der Waals surface area contributed by atoms with Gasteiger partial charge in [0.05, 0.1) is 10.6 Å². The minimum atomic E-state index is -3.58. The maximum atomic E-state index is 13.0. The molecule has 1 heterocycles. The van der Waals surface area contributed by atoms with Crippen LogP contribution in [0, 0.1) is 0 Å². The molecule has 0 aliphatic carbocycles. The highest BCUT2D eigenvalue weighted by Gasteiger charge is 2.34. The molecule has 0 radical (unpaired) electrons. The molecule has 1 amide bonds. The van der Waals surface area contributed by atoms with E-state index in [0.29, 0.717) is 39.3 Å². The fourth-order valence-corrected chi connectivity index (χ4v) is 7.12. The van der Waals surface area contributed by atoms with Crippen molar-refractivity contribution in [2.45, 2.75) is 23.5 Å². The van der Waals surface area contributed by atoms with Gasteiger partial charge in [-0.15, -0.1) is 0 Å². The lowest BCUT2D eigenvalue weighted by Gasteiger charge is -2.18. The van der Waals surface area contributed by atoms with Crippen molar-refractivity contribution in [1.29, 1.82) is 0 Å². The molecule has 0 fully saturated rings. The summed E-state index contributed by atoms with van der Waals surface area (Å²) < 4.78 is 27.3. The van der Waals surface area contributed by atoms with E-state index in [4.69, 9.17) is 23.2 Å². The van der Waals surface area contributed by atoms with Gasteiger partial charge >= 0.3 is 0 Å². The predicted molar refractivity (Wildman–Crippen MR) is 133 cm³/mol. The molecule has 0 saturated carbocycles. The van der Waals surface area contributed by atoms with Crippen molar-refractivity contribution in [3.8, 4) is 0 Å². The van der Waals surface area contributed by atoms with Gasteiger partial charge in [-0.3, -0.25) is 9.10 Å². The molecular weight excluding hydrogens is 487 g/mol. The SMILES string of the molecule is O=C(CCCN1c2cccc3cccc(c23)S1(=O)=O)NCCSCc1c(Cl)cccc1Cl. The monoisotopic (exact) mass is 508 g/mol. The number of sulfonamides is 1. The van der Waals surface area contributed by atoms with Crippen LogP contribution < -0.4 is 9.62 Å². The van der Waals surface area contributed by atoms with E-state index < -0.39 is 10.0 Å². The molecule has 3 aromatic carbocycles. The smallest absolute Gasteiger partial charge is 0.265 e. The normalized spacial score (nSPS) is 14.1. The van der Waals surface area contributed by atoms with Gasteiger partial charge in [-0.1, -0.05) is 53.5 Å². The maximum absolute atomic E-state index is 13.0. The quantitative estimate of drug-likeness (QED) is 0.388. The number of halogens is 2. The first-order chi connectivity index (χ1) is 15.4. The number of benzene rings is 3. The lowest BCUT2D eigenvalue weighted by molar-refractivity contribution is -0.121. The summed E-state index contributed by atoms with van der Waals surface area (Å²) >= 11 is 14.0. The molecular formula is C23H22Cl2N2O3S2. The summed E-state index contributed by atoms with van der Waals surface area (Å²) in [5.41, 5.74) is 1.59. The highest BCUT2D eigenvalue weighted by atomic mass is 35.5. The van der Waals surface area contributed by atoms with Crippen molar-refractivity contribution < 1.29 is 13.2 Å². The average molecular weight is 509 g/mol. The fourth-order valence-electron chi connectivity index (χ4n) is 3.78. The summed E-state index contributed by atoms with van der Waals surface area (Å²) in [5.74, 6) is 1.31. The summed E-state index contributed by atoms with van der Waals surface area (Å²) in [7, 11) is -3.58. The molecule has 1 aliphatic heterocycles. The number of thioether (sulfide) groups is 1. The van der Waals surface area contributed by atoms with Crippen LogP contribution in [0.4, 0.5) is 5.69 Å². The lowest BCUT2D eigenvalue weighted by Crippen LogP contribution is -2.30. The zero-order valence-electron chi connectivity index (χ0n) is 17.2. The zero-order chi connectivity index (χ0) is 22.7. The second kappa shape index (κ2) is 9.91. The van der Waals surface area contributed by atoms with Crippen LogP contribution in [-0.4, -0.2) is 33.2 Å². The molecule has 0 unspecified atom stereocenters. The van der Waals surface area contributed by atoms with E-state index in [1.54, 1.807) is 23.9 Å². The molecule has 1 N–H and O–H groups in total. The maximum Gasteiger partial charge on any atom is 0.265 e. The molecule has 0 aromatic heterocycles. The standard InChI is InChI=1S/C23H22Cl2N2O3S2/c24-18-7-3-8-19(25)17(18)15-31-14-12-26-22(28)11-4-13-27-20-9-1-5-16-6-2-10-21(23(16)20)32(27,29)30/h1-3,5-10H,4,11-15H2,(H,26,28). The Balaban J connectivity index is 1.23. The van der Waals surface area contributed by atoms with Crippen molar-refractivity contribution in [2.24, 2.45) is 0 Å². The van der Waals surface area contributed by atoms with Crippen LogP contribution in [0.3, 0.4) is 0 Å². The van der Waals surface area contributed by atoms with E-state index in [1.165, 1.54) is 4.31 Å². The van der Waals surface area contributed by atoms with Crippen molar-refractivity contribution >= 4 is 67.4 Å². The Kier molecular flexibility index (Phi) is 7.20. The molecule has 3 aromatic rings. The summed E-state index contributed by atoms with van der Waals surface area (Å²) in [6, 6.07) is 16.3. The first-order valence-corrected chi connectivity index (χ1v) is 13.6. The lowest BCUT2D eigenvalue weighted by atomic mass is 10.1. The highest BCUT2D eigenvalue weighted by molar-refractivity contribution is 7.98. The second-order valence-electron chi connectivity index (χ2n) is 7.41. The Morgan fingerprint density at radius 1 is 1.00 bits per heavy atom. The minimum absolute atomic E-state index is 0.0892. The molecule has 0 atom stereocenters. The number of hydrogen-bond acceptors (Lipinski definition) is 4. The molecule has 0 saturated heterocycles. The Hall–Kier alpha value is -1.93. The predicted octanol–water partition coefficient (Wildman–Crippen LogP) is 5.49. The number of nitrogens with zero attached hydrogens (tertiary/aromatic N) is 1. The topological polar surface area (TPSA) is 66.5 Å². The third kappa shape index (κ3) is 4.71. The van der Waals surface area contributed by atoms with Crippen LogP contribution in [0.2, 0.25) is 10.0 Å². The van der Waals surface area contributed by atoms with Gasteiger partial charge in [0.1, 0.15) is 0 Å². The largest absolute Gasteiger partial charge is 0.355 e. The van der Waals surface area contributed by atoms with Crippen molar-refractivity contribution in [1.82, 2.24) is 5.32 Å². The van der Waals surface area contributed by atoms with E-state index in [2.05, 4.69) is 5.32 Å². The van der Waals surface area contributed by atoms with Crippen LogP contribution >= 0.6 is 35.0 Å². The van der Waals surface area contributed by atoms with Gasteiger partial charge < -0.3 is 5.32 Å². The van der Waals surface area contributed by atoms with Gasteiger partial charge in [0.2, 0.25) is 5.91 Å². The van der Waals surface area contributed by atoms with Crippen molar-refractivity contribution in [3.63, 3.8) is 0 Å². The van der Waals surface area contributed by atoms with Crippen LogP contribution in [0.5, 0.6) is 0 Å². The Bertz CT molecular complexity index is 1240. The first kappa shape index (κ1) is 23.2. The van der Waals surface area contributed by atoms with Crippen molar-refractivity contribution in [3.05, 3.63) is 70.2 Å². The molecule has 0 bridgehead atoms. The summed E-state index contributed by atoms with van der Waals surface area (Å²) in [5, 5.41) is 5.83. The van der Waals surface area contributed by atoms with Crippen molar-refractivity contribution in [2.75, 3.05) is 23.1 Å². The van der Waals surface area contributed by atoms with Gasteiger partial charge in [-0.25, -0.2) is 8.42 Å². The van der Waals surface area contributed by atoms with Gasteiger partial charge in [-0.05, 0) is 41.6 Å². The molecule has 32 heavy (non-hydrogen) atoms. The summed E-state index contributed by atoms with van der Waals surface area (Å²) in [6.45, 7) is 0.793. The number of nitrogens with one attached hydrogen (secondary N) is 1. The Morgan fingerprint density at radius 2 is 1.69 bits per heavy atom. The molecule has 0 spiro atoms. The zero-order valence-corrected chi connectivity index (χ0v) is 20.3. The molecule has 4 rings (SSSR count).